The van der Waals surface area contributed by atoms with Gasteiger partial charge in [0.1, 0.15) is 6.61 Å². The van der Waals surface area contributed by atoms with E-state index >= 15 is 0 Å². The summed E-state index contributed by atoms with van der Waals surface area (Å²) in [5, 5.41) is 0. The number of ether oxygens (including phenoxy) is 5. The number of hydrogen-bond donors (Lipinski definition) is 0. The molecule has 0 saturated heterocycles. The second kappa shape index (κ2) is 20.1. The molecule has 0 heterocycles. The van der Waals surface area contributed by atoms with Crippen LogP contribution in [0, 0.1) is 0 Å². The Balaban J connectivity index is 6.50. The third kappa shape index (κ3) is 14.4. The summed E-state index contributed by atoms with van der Waals surface area (Å²) in [5.41, 5.74) is 0. The van der Waals surface area contributed by atoms with Crippen LogP contribution >= 0.6 is 0 Å². The second-order valence-electron chi connectivity index (χ2n) is 8.46. The van der Waals surface area contributed by atoms with Gasteiger partial charge in [-0.2, -0.15) is 0 Å². The van der Waals surface area contributed by atoms with Crippen molar-refractivity contribution in [2.45, 2.75) is 123 Å². The lowest BCUT2D eigenvalue weighted by Crippen LogP contribution is -2.54. The normalized spacial score (nSPS) is 13.9. The highest BCUT2D eigenvalue weighted by Crippen LogP contribution is 2.21. The van der Waals surface area contributed by atoms with Gasteiger partial charge in [-0.15, -0.1) is 0 Å². The van der Waals surface area contributed by atoms with Crippen LogP contribution in [0.4, 0.5) is 0 Å². The Labute approximate surface area is 218 Å². The Bertz CT molecular complexity index is 734. The third-order valence-electron chi connectivity index (χ3n) is 4.91. The number of carbonyl (C=O) groups excluding carboxylic acids is 6. The van der Waals surface area contributed by atoms with E-state index in [9.17, 15) is 28.8 Å². The molecule has 0 radical (unpaired) electrons. The molecule has 0 N–H and O–H groups in total. The predicted octanol–water partition coefficient (Wildman–Crippen LogP) is 3.38. The van der Waals surface area contributed by atoms with Gasteiger partial charge in [0.2, 0.25) is 0 Å². The zero-order valence-corrected chi connectivity index (χ0v) is 22.7. The minimum Gasteiger partial charge on any atom is -0.462 e. The summed E-state index contributed by atoms with van der Waals surface area (Å²) in [7, 11) is 0. The molecule has 4 atom stereocenters. The molecule has 0 saturated carbocycles. The SMILES string of the molecule is CCCC(=O)OC[C@@H](OC(=O)CCC)[C@@H](OC(=O)CCC)[C@H](OC(=O)CCC)[C@@H](C=O)OC(=O)CCC. The first kappa shape index (κ1) is 34.0. The molecular formula is C26H42O11. The fourth-order valence-corrected chi connectivity index (χ4v) is 3.17. The van der Waals surface area contributed by atoms with Gasteiger partial charge in [-0.1, -0.05) is 34.6 Å². The Kier molecular flexibility index (Phi) is 18.5. The Morgan fingerprint density at radius 2 is 0.919 bits per heavy atom. The van der Waals surface area contributed by atoms with E-state index in [-0.39, 0.29) is 38.4 Å². The number of carbonyl (C=O) groups is 6. The fraction of sp³-hybridized carbons (Fsp3) is 0.769. The quantitative estimate of drug-likeness (QED) is 0.129. The topological polar surface area (TPSA) is 149 Å². The van der Waals surface area contributed by atoms with E-state index in [0.717, 1.165) is 0 Å². The van der Waals surface area contributed by atoms with Crippen LogP contribution in [-0.2, 0) is 52.5 Å². The molecule has 0 aromatic carbocycles. The highest BCUT2D eigenvalue weighted by Gasteiger charge is 2.44. The molecule has 0 bridgehead atoms. The molecule has 0 aliphatic heterocycles. The largest absolute Gasteiger partial charge is 0.462 e. The zero-order valence-electron chi connectivity index (χ0n) is 22.7. The average molecular weight is 531 g/mol. The van der Waals surface area contributed by atoms with Crippen LogP contribution in [0.25, 0.3) is 0 Å². The molecule has 0 aliphatic rings. The van der Waals surface area contributed by atoms with Crippen molar-refractivity contribution in [2.24, 2.45) is 0 Å². The molecule has 11 heteroatoms. The number of aldehydes is 1. The van der Waals surface area contributed by atoms with Crippen LogP contribution in [0.15, 0.2) is 0 Å². The van der Waals surface area contributed by atoms with Gasteiger partial charge in [0.15, 0.2) is 30.7 Å². The van der Waals surface area contributed by atoms with Gasteiger partial charge in [-0.05, 0) is 32.1 Å². The molecule has 0 unspecified atom stereocenters. The first-order valence-corrected chi connectivity index (χ1v) is 13.1. The Morgan fingerprint density at radius 1 is 0.541 bits per heavy atom. The maximum absolute atomic E-state index is 12.6. The lowest BCUT2D eigenvalue weighted by Gasteiger charge is -2.34. The summed E-state index contributed by atoms with van der Waals surface area (Å²) < 4.78 is 27.0. The monoisotopic (exact) mass is 530 g/mol. The summed E-state index contributed by atoms with van der Waals surface area (Å²) >= 11 is 0. The summed E-state index contributed by atoms with van der Waals surface area (Å²) in [5.74, 6) is -3.48. The van der Waals surface area contributed by atoms with Gasteiger partial charge < -0.3 is 23.7 Å². The molecule has 0 fully saturated rings. The molecule has 0 amide bonds. The standard InChI is InChI=1S/C26H42O11/c1-6-11-20(28)33-17-19(35-22(30)13-8-3)26(37-24(32)15-10-5)25(36-23(31)14-9-4)18(16-27)34-21(29)12-7-2/h16,18-19,25-26H,6-15,17H2,1-5H3/t18-,19-,25-,26-/m1/s1. The molecule has 212 valence electrons. The van der Waals surface area contributed by atoms with Gasteiger partial charge in [-0.25, -0.2) is 0 Å². The van der Waals surface area contributed by atoms with E-state index in [1.165, 1.54) is 0 Å². The maximum atomic E-state index is 12.6. The molecular weight excluding hydrogens is 488 g/mol. The van der Waals surface area contributed by atoms with Crippen molar-refractivity contribution in [3.05, 3.63) is 0 Å². The van der Waals surface area contributed by atoms with Crippen molar-refractivity contribution >= 4 is 36.1 Å². The Morgan fingerprint density at radius 3 is 1.35 bits per heavy atom. The van der Waals surface area contributed by atoms with Crippen LogP contribution in [0.3, 0.4) is 0 Å². The van der Waals surface area contributed by atoms with E-state index in [1.807, 2.05) is 0 Å². The number of hydrogen-bond acceptors (Lipinski definition) is 11. The highest BCUT2D eigenvalue weighted by atomic mass is 16.6. The maximum Gasteiger partial charge on any atom is 0.306 e. The molecule has 0 spiro atoms. The fourth-order valence-electron chi connectivity index (χ4n) is 3.17. The molecule has 0 aliphatic carbocycles. The zero-order chi connectivity index (χ0) is 28.2. The van der Waals surface area contributed by atoms with E-state index < -0.39 is 60.9 Å². The van der Waals surface area contributed by atoms with Crippen molar-refractivity contribution in [3.63, 3.8) is 0 Å². The minimum atomic E-state index is -1.67. The van der Waals surface area contributed by atoms with Crippen molar-refractivity contribution in [1.82, 2.24) is 0 Å². The first-order chi connectivity index (χ1) is 17.7. The van der Waals surface area contributed by atoms with Gasteiger partial charge in [0.05, 0.1) is 0 Å². The molecule has 0 aromatic heterocycles. The lowest BCUT2D eigenvalue weighted by atomic mass is 10.0. The minimum absolute atomic E-state index is 0.0101. The first-order valence-electron chi connectivity index (χ1n) is 13.1. The van der Waals surface area contributed by atoms with Crippen molar-refractivity contribution in [1.29, 1.82) is 0 Å². The highest BCUT2D eigenvalue weighted by molar-refractivity contribution is 5.75. The van der Waals surface area contributed by atoms with Gasteiger partial charge >= 0.3 is 29.8 Å². The third-order valence-corrected chi connectivity index (χ3v) is 4.91. The Hall–Kier alpha value is -2.98. The van der Waals surface area contributed by atoms with Crippen molar-refractivity contribution < 1.29 is 52.5 Å². The molecule has 0 aromatic rings. The van der Waals surface area contributed by atoms with Crippen LogP contribution in [0.5, 0.6) is 0 Å². The number of esters is 5. The predicted molar refractivity (Wildman–Crippen MR) is 131 cm³/mol. The van der Waals surface area contributed by atoms with Crippen LogP contribution < -0.4 is 0 Å². The van der Waals surface area contributed by atoms with Crippen molar-refractivity contribution in [3.8, 4) is 0 Å². The summed E-state index contributed by atoms with van der Waals surface area (Å²) in [6.07, 6.45) is -3.85. The van der Waals surface area contributed by atoms with Gasteiger partial charge in [-0.3, -0.25) is 28.8 Å². The average Bonchev–Trinajstić information content (AvgIpc) is 2.83. The lowest BCUT2D eigenvalue weighted by molar-refractivity contribution is -0.204. The number of rotatable bonds is 20. The molecule has 11 nitrogen and oxygen atoms in total. The van der Waals surface area contributed by atoms with Crippen LogP contribution in [-0.4, -0.2) is 67.2 Å². The van der Waals surface area contributed by atoms with E-state index in [2.05, 4.69) is 0 Å². The second-order valence-corrected chi connectivity index (χ2v) is 8.46. The summed E-state index contributed by atoms with van der Waals surface area (Å²) in [6.45, 7) is 8.20. The van der Waals surface area contributed by atoms with Gasteiger partial charge in [0, 0.05) is 32.1 Å². The summed E-state index contributed by atoms with van der Waals surface area (Å²) in [4.78, 5) is 73.8. The van der Waals surface area contributed by atoms with Crippen LogP contribution in [0.2, 0.25) is 0 Å². The summed E-state index contributed by atoms with van der Waals surface area (Å²) in [6, 6.07) is 0. The molecule has 0 rings (SSSR count). The molecule has 37 heavy (non-hydrogen) atoms. The van der Waals surface area contributed by atoms with Crippen molar-refractivity contribution in [2.75, 3.05) is 6.61 Å². The van der Waals surface area contributed by atoms with Crippen LogP contribution in [0.1, 0.15) is 98.8 Å². The smallest absolute Gasteiger partial charge is 0.306 e. The van der Waals surface area contributed by atoms with E-state index in [4.69, 9.17) is 23.7 Å². The van der Waals surface area contributed by atoms with Gasteiger partial charge in [0.25, 0.3) is 0 Å². The van der Waals surface area contributed by atoms with E-state index in [0.29, 0.717) is 32.1 Å². The van der Waals surface area contributed by atoms with E-state index in [1.54, 1.807) is 34.6 Å².